The minimum Gasteiger partial charge on any atom is -0.481 e. The summed E-state index contributed by atoms with van der Waals surface area (Å²) in [4.78, 5) is 49.6. The lowest BCUT2D eigenvalue weighted by molar-refractivity contribution is -0.144. The number of carbonyl (C=O) groups excluding carboxylic acids is 2. The van der Waals surface area contributed by atoms with E-state index in [9.17, 15) is 32.7 Å². The third-order valence-electron chi connectivity index (χ3n) is 6.53. The van der Waals surface area contributed by atoms with Crippen molar-refractivity contribution in [3.05, 3.63) is 29.8 Å². The van der Waals surface area contributed by atoms with Crippen LogP contribution in [0.3, 0.4) is 0 Å². The van der Waals surface area contributed by atoms with Crippen LogP contribution in [0.5, 0.6) is 0 Å². The Kier molecular flexibility index (Phi) is 10.4. The molecule has 0 bridgehead atoms. The number of nitrogens with zero attached hydrogens (tertiary/aromatic N) is 1. The molecule has 0 aliphatic carbocycles. The van der Waals surface area contributed by atoms with Gasteiger partial charge in [0.05, 0.1) is 4.90 Å². The van der Waals surface area contributed by atoms with Crippen LogP contribution in [0, 0.1) is 18.8 Å². The van der Waals surface area contributed by atoms with E-state index in [1.54, 1.807) is 19.1 Å². The lowest BCUT2D eigenvalue weighted by Crippen LogP contribution is -2.54. The summed E-state index contributed by atoms with van der Waals surface area (Å²) in [7, 11) is -3.93. The topological polar surface area (TPSA) is 170 Å². The minimum absolute atomic E-state index is 0.0699. The van der Waals surface area contributed by atoms with Gasteiger partial charge in [-0.2, -0.15) is 4.72 Å². The van der Waals surface area contributed by atoms with Crippen LogP contribution in [0.4, 0.5) is 0 Å². The Morgan fingerprint density at radius 1 is 1.08 bits per heavy atom. The molecule has 1 saturated heterocycles. The molecule has 0 spiro atoms. The molecule has 11 nitrogen and oxygen atoms in total. The zero-order chi connectivity index (χ0) is 27.0. The quantitative estimate of drug-likeness (QED) is 0.317. The molecule has 1 aliphatic rings. The van der Waals surface area contributed by atoms with E-state index in [1.165, 1.54) is 17.0 Å². The van der Waals surface area contributed by atoms with Crippen molar-refractivity contribution in [1.29, 1.82) is 0 Å². The molecule has 36 heavy (non-hydrogen) atoms. The van der Waals surface area contributed by atoms with Gasteiger partial charge in [0.1, 0.15) is 12.1 Å². The van der Waals surface area contributed by atoms with Crippen molar-refractivity contribution in [3.63, 3.8) is 0 Å². The third-order valence-corrected chi connectivity index (χ3v) is 7.99. The molecule has 12 heteroatoms. The number of likely N-dealkylation sites (tertiary alicyclic amines) is 1. The first-order valence-electron chi connectivity index (χ1n) is 12.0. The molecule has 0 saturated carbocycles. The fourth-order valence-corrected chi connectivity index (χ4v) is 5.27. The highest BCUT2D eigenvalue weighted by Crippen LogP contribution is 2.22. The summed E-state index contributed by atoms with van der Waals surface area (Å²) in [5, 5.41) is 20.4. The van der Waals surface area contributed by atoms with Crippen molar-refractivity contribution in [2.75, 3.05) is 13.1 Å². The lowest BCUT2D eigenvalue weighted by atomic mass is 9.93. The van der Waals surface area contributed by atoms with E-state index in [0.29, 0.717) is 6.42 Å². The zero-order valence-corrected chi connectivity index (χ0v) is 21.6. The van der Waals surface area contributed by atoms with E-state index in [0.717, 1.165) is 5.56 Å². The van der Waals surface area contributed by atoms with Crippen LogP contribution < -0.4 is 10.0 Å². The van der Waals surface area contributed by atoms with Crippen LogP contribution >= 0.6 is 0 Å². The van der Waals surface area contributed by atoms with E-state index >= 15 is 0 Å². The van der Waals surface area contributed by atoms with Crippen LogP contribution in [-0.4, -0.2) is 72.5 Å². The highest BCUT2D eigenvalue weighted by atomic mass is 32.2. The van der Waals surface area contributed by atoms with Crippen molar-refractivity contribution < 1.29 is 37.8 Å². The lowest BCUT2D eigenvalue weighted by Gasteiger charge is -2.35. The molecule has 0 aromatic heterocycles. The number of aliphatic carboxylic acids is 2. The number of hydrogen-bond acceptors (Lipinski definition) is 6. The zero-order valence-electron chi connectivity index (χ0n) is 20.8. The number of benzene rings is 1. The van der Waals surface area contributed by atoms with E-state index in [1.807, 2.05) is 13.8 Å². The van der Waals surface area contributed by atoms with Crippen molar-refractivity contribution >= 4 is 33.8 Å². The summed E-state index contributed by atoms with van der Waals surface area (Å²) in [6.07, 6.45) is 0.505. The van der Waals surface area contributed by atoms with Gasteiger partial charge >= 0.3 is 11.9 Å². The monoisotopic (exact) mass is 525 g/mol. The highest BCUT2D eigenvalue weighted by Gasteiger charge is 2.36. The van der Waals surface area contributed by atoms with Crippen LogP contribution in [0.15, 0.2) is 29.2 Å². The number of carbonyl (C=O) groups is 4. The average molecular weight is 526 g/mol. The molecule has 1 fully saturated rings. The Balaban J connectivity index is 2.03. The maximum atomic E-state index is 13.3. The van der Waals surface area contributed by atoms with Crippen LogP contribution in [0.2, 0.25) is 0 Å². The van der Waals surface area contributed by atoms with Gasteiger partial charge in [-0.15, -0.1) is 0 Å². The Hall–Kier alpha value is -2.99. The molecular formula is C24H35N3O8S. The molecule has 3 unspecified atom stereocenters. The number of hydrogen-bond donors (Lipinski definition) is 4. The smallest absolute Gasteiger partial charge is 0.326 e. The Morgan fingerprint density at radius 2 is 1.67 bits per heavy atom. The van der Waals surface area contributed by atoms with Crippen LogP contribution in [0.25, 0.3) is 0 Å². The molecule has 4 N–H and O–H groups in total. The first kappa shape index (κ1) is 29.2. The summed E-state index contributed by atoms with van der Waals surface area (Å²) in [5.74, 6) is -4.15. The van der Waals surface area contributed by atoms with Gasteiger partial charge in [0, 0.05) is 25.4 Å². The van der Waals surface area contributed by atoms with Gasteiger partial charge in [-0.1, -0.05) is 38.0 Å². The number of aryl methyl sites for hydroxylation is 1. The molecule has 1 aliphatic heterocycles. The molecule has 200 valence electrons. The van der Waals surface area contributed by atoms with Crippen molar-refractivity contribution in [2.45, 2.75) is 69.9 Å². The van der Waals surface area contributed by atoms with E-state index < -0.39 is 45.9 Å². The largest absolute Gasteiger partial charge is 0.481 e. The number of rotatable bonds is 12. The molecule has 2 amide bonds. The summed E-state index contributed by atoms with van der Waals surface area (Å²) >= 11 is 0. The van der Waals surface area contributed by atoms with Crippen molar-refractivity contribution in [2.24, 2.45) is 11.8 Å². The molecule has 1 aromatic rings. The van der Waals surface area contributed by atoms with Gasteiger partial charge in [-0.3, -0.25) is 14.4 Å². The van der Waals surface area contributed by atoms with Gasteiger partial charge in [0.25, 0.3) is 0 Å². The maximum absolute atomic E-state index is 13.3. The number of carboxylic acid groups (broad SMARTS) is 2. The SMILES string of the molecule is CCC(C)C(NS(=O)(=O)c1ccc(C)cc1)C(=O)N1CCC(C(=O)NC(CCC(=O)O)C(=O)O)CC1. The molecular weight excluding hydrogens is 490 g/mol. The Morgan fingerprint density at radius 3 is 2.17 bits per heavy atom. The molecule has 3 atom stereocenters. The Labute approximate surface area is 211 Å². The molecule has 2 rings (SSSR count). The standard InChI is InChI=1S/C24H35N3O8S/c1-4-16(3)21(26-36(34,35)18-7-5-15(2)6-8-18)23(31)27-13-11-17(12-14-27)22(30)25-19(24(32)33)9-10-20(28)29/h5-8,16-17,19,21,26H,4,9-14H2,1-3H3,(H,25,30)(H,28,29)(H,32,33). The normalized spacial score (nSPS) is 17.1. The second-order valence-electron chi connectivity index (χ2n) is 9.23. The number of sulfonamides is 1. The first-order chi connectivity index (χ1) is 16.9. The number of piperidine rings is 1. The van der Waals surface area contributed by atoms with Gasteiger partial charge in [-0.25, -0.2) is 13.2 Å². The predicted molar refractivity (Wildman–Crippen MR) is 130 cm³/mol. The van der Waals surface area contributed by atoms with E-state index in [2.05, 4.69) is 10.0 Å². The van der Waals surface area contributed by atoms with E-state index in [-0.39, 0.29) is 55.5 Å². The minimum atomic E-state index is -3.93. The van der Waals surface area contributed by atoms with Gasteiger partial charge in [-0.05, 0) is 44.2 Å². The van der Waals surface area contributed by atoms with Gasteiger partial charge in [0.2, 0.25) is 21.8 Å². The second-order valence-corrected chi connectivity index (χ2v) is 10.9. The van der Waals surface area contributed by atoms with Gasteiger partial charge in [0.15, 0.2) is 0 Å². The number of amides is 2. The summed E-state index contributed by atoms with van der Waals surface area (Å²) < 4.78 is 28.4. The van der Waals surface area contributed by atoms with E-state index in [4.69, 9.17) is 5.11 Å². The third kappa shape index (κ3) is 8.02. The maximum Gasteiger partial charge on any atom is 0.326 e. The Bertz CT molecular complexity index is 1050. The van der Waals surface area contributed by atoms with Crippen molar-refractivity contribution in [3.8, 4) is 0 Å². The van der Waals surface area contributed by atoms with Crippen LogP contribution in [0.1, 0.15) is 51.5 Å². The van der Waals surface area contributed by atoms with Crippen LogP contribution in [-0.2, 0) is 29.2 Å². The summed E-state index contributed by atoms with van der Waals surface area (Å²) in [6, 6.07) is 4.06. The fraction of sp³-hybridized carbons (Fsp3) is 0.583. The van der Waals surface area contributed by atoms with Gasteiger partial charge < -0.3 is 20.4 Å². The van der Waals surface area contributed by atoms with Crippen molar-refractivity contribution in [1.82, 2.24) is 14.9 Å². The molecule has 1 heterocycles. The summed E-state index contributed by atoms with van der Waals surface area (Å²) in [5.41, 5.74) is 0.909. The molecule has 0 radical (unpaired) electrons. The summed E-state index contributed by atoms with van der Waals surface area (Å²) in [6.45, 7) is 5.93. The molecule has 1 aromatic carbocycles. The number of carboxylic acids is 2. The number of nitrogens with one attached hydrogen (secondary N) is 2. The highest BCUT2D eigenvalue weighted by molar-refractivity contribution is 7.89. The predicted octanol–water partition coefficient (Wildman–Crippen LogP) is 1.36. The second kappa shape index (κ2) is 12.8. The fourth-order valence-electron chi connectivity index (χ4n) is 3.97. The first-order valence-corrected chi connectivity index (χ1v) is 13.5. The average Bonchev–Trinajstić information content (AvgIpc) is 2.84.